The zero-order valence-electron chi connectivity index (χ0n) is 13.8. The van der Waals surface area contributed by atoms with Crippen LogP contribution >= 0.6 is 0 Å². The summed E-state index contributed by atoms with van der Waals surface area (Å²) in [5.41, 5.74) is 0. The van der Waals surface area contributed by atoms with E-state index < -0.39 is 0 Å². The van der Waals surface area contributed by atoms with Crippen molar-refractivity contribution in [2.45, 2.75) is 58.4 Å². The third-order valence-corrected chi connectivity index (χ3v) is 4.24. The number of hydrogen-bond donors (Lipinski definition) is 0. The van der Waals surface area contributed by atoms with E-state index in [1.165, 1.54) is 6.42 Å². The molecule has 1 aliphatic rings. The lowest BCUT2D eigenvalue weighted by Gasteiger charge is -2.35. The zero-order chi connectivity index (χ0) is 15.7. The Balaban J connectivity index is 2.42. The van der Waals surface area contributed by atoms with Crippen molar-refractivity contribution in [3.63, 3.8) is 0 Å². The van der Waals surface area contributed by atoms with Crippen molar-refractivity contribution in [3.05, 3.63) is 0 Å². The number of nitrogens with zero attached hydrogens (tertiary/aromatic N) is 2. The van der Waals surface area contributed by atoms with Crippen molar-refractivity contribution >= 4 is 11.8 Å². The molecule has 1 fully saturated rings. The molecule has 1 atom stereocenters. The molecule has 1 rings (SSSR count). The molecule has 122 valence electrons. The van der Waals surface area contributed by atoms with Crippen LogP contribution in [0.5, 0.6) is 0 Å². The van der Waals surface area contributed by atoms with Crippen LogP contribution in [-0.4, -0.2) is 61.0 Å². The summed E-state index contributed by atoms with van der Waals surface area (Å²) in [6, 6.07) is 0.394. The van der Waals surface area contributed by atoms with Gasteiger partial charge in [0.15, 0.2) is 0 Å². The third kappa shape index (κ3) is 6.04. The number of carbonyl (C=O) groups is 2. The van der Waals surface area contributed by atoms with Gasteiger partial charge in [-0.1, -0.05) is 6.92 Å². The lowest BCUT2D eigenvalue weighted by Crippen LogP contribution is -2.44. The van der Waals surface area contributed by atoms with Gasteiger partial charge < -0.3 is 14.5 Å². The van der Waals surface area contributed by atoms with Crippen LogP contribution < -0.4 is 0 Å². The highest BCUT2D eigenvalue weighted by atomic mass is 16.5. The Morgan fingerprint density at radius 1 is 1.29 bits per heavy atom. The van der Waals surface area contributed by atoms with Gasteiger partial charge in [-0.3, -0.25) is 9.59 Å². The first-order valence-corrected chi connectivity index (χ1v) is 8.14. The van der Waals surface area contributed by atoms with Gasteiger partial charge in [0, 0.05) is 52.7 Å². The van der Waals surface area contributed by atoms with Gasteiger partial charge in [0.2, 0.25) is 11.8 Å². The zero-order valence-corrected chi connectivity index (χ0v) is 13.8. The Kier molecular flexibility index (Phi) is 8.35. The summed E-state index contributed by atoms with van der Waals surface area (Å²) in [4.78, 5) is 27.8. The minimum absolute atomic E-state index is 0.0320. The fraction of sp³-hybridized carbons (Fsp3) is 0.875. The number of piperidine rings is 1. The standard InChI is InChI=1S/C16H30N2O3/c1-4-15-8-5-6-11-18(15)16(20)9-12-17(14(2)19)10-7-13-21-3/h15H,4-13H2,1-3H3. The summed E-state index contributed by atoms with van der Waals surface area (Å²) >= 11 is 0. The first-order chi connectivity index (χ1) is 10.1. The molecule has 1 saturated heterocycles. The molecule has 0 N–H and O–H groups in total. The average molecular weight is 298 g/mol. The van der Waals surface area contributed by atoms with Crippen molar-refractivity contribution in [3.8, 4) is 0 Å². The Morgan fingerprint density at radius 2 is 2.05 bits per heavy atom. The van der Waals surface area contributed by atoms with Gasteiger partial charge in [-0.15, -0.1) is 0 Å². The highest BCUT2D eigenvalue weighted by Crippen LogP contribution is 2.20. The van der Waals surface area contributed by atoms with Gasteiger partial charge in [0.05, 0.1) is 0 Å². The largest absolute Gasteiger partial charge is 0.385 e. The number of methoxy groups -OCH3 is 1. The molecule has 0 aliphatic carbocycles. The predicted molar refractivity (Wildman–Crippen MR) is 83.0 cm³/mol. The van der Waals surface area contributed by atoms with Gasteiger partial charge in [0.25, 0.3) is 0 Å². The molecule has 0 radical (unpaired) electrons. The molecule has 5 heteroatoms. The second-order valence-corrected chi connectivity index (χ2v) is 5.75. The summed E-state index contributed by atoms with van der Waals surface area (Å²) in [7, 11) is 1.66. The number of amides is 2. The molecule has 5 nitrogen and oxygen atoms in total. The van der Waals surface area contributed by atoms with Gasteiger partial charge >= 0.3 is 0 Å². The van der Waals surface area contributed by atoms with Crippen LogP contribution in [0, 0.1) is 0 Å². The maximum Gasteiger partial charge on any atom is 0.224 e. The minimum Gasteiger partial charge on any atom is -0.385 e. The molecule has 0 aromatic heterocycles. The number of rotatable bonds is 8. The van der Waals surface area contributed by atoms with E-state index in [-0.39, 0.29) is 11.8 Å². The number of hydrogen-bond acceptors (Lipinski definition) is 3. The van der Waals surface area contributed by atoms with E-state index in [9.17, 15) is 9.59 Å². The Labute approximate surface area is 128 Å². The summed E-state index contributed by atoms with van der Waals surface area (Å²) in [6.07, 6.45) is 5.71. The van der Waals surface area contributed by atoms with Gasteiger partial charge in [-0.05, 0) is 32.1 Å². The molecule has 0 saturated carbocycles. The molecule has 1 heterocycles. The van der Waals surface area contributed by atoms with Crippen molar-refractivity contribution in [2.24, 2.45) is 0 Å². The fourth-order valence-electron chi connectivity index (χ4n) is 2.95. The quantitative estimate of drug-likeness (QED) is 0.644. The van der Waals surface area contributed by atoms with Crippen LogP contribution in [0.1, 0.15) is 52.4 Å². The van der Waals surface area contributed by atoms with E-state index in [4.69, 9.17) is 4.74 Å². The maximum absolute atomic E-state index is 12.4. The summed E-state index contributed by atoms with van der Waals surface area (Å²) in [5.74, 6) is 0.226. The van der Waals surface area contributed by atoms with Crippen molar-refractivity contribution < 1.29 is 14.3 Å². The molecule has 0 aromatic carbocycles. The Morgan fingerprint density at radius 3 is 2.67 bits per heavy atom. The van der Waals surface area contributed by atoms with Crippen LogP contribution in [0.3, 0.4) is 0 Å². The fourth-order valence-corrected chi connectivity index (χ4v) is 2.95. The van der Waals surface area contributed by atoms with Gasteiger partial charge in [-0.2, -0.15) is 0 Å². The Bertz CT molecular complexity index is 333. The number of likely N-dealkylation sites (tertiary alicyclic amines) is 1. The summed E-state index contributed by atoms with van der Waals surface area (Å²) in [6.45, 7) is 6.40. The van der Waals surface area contributed by atoms with E-state index in [1.807, 2.05) is 4.90 Å². The monoisotopic (exact) mass is 298 g/mol. The second kappa shape index (κ2) is 9.77. The second-order valence-electron chi connectivity index (χ2n) is 5.75. The molecular formula is C16H30N2O3. The topological polar surface area (TPSA) is 49.9 Å². The molecule has 2 amide bonds. The highest BCUT2D eigenvalue weighted by molar-refractivity contribution is 5.78. The maximum atomic E-state index is 12.4. The van der Waals surface area contributed by atoms with Crippen LogP contribution in [0.25, 0.3) is 0 Å². The lowest BCUT2D eigenvalue weighted by molar-refractivity contribution is -0.136. The SMILES string of the molecule is CCC1CCCCN1C(=O)CCN(CCCOC)C(C)=O. The first kappa shape index (κ1) is 18.0. The molecular weight excluding hydrogens is 268 g/mol. The van der Waals surface area contributed by atoms with E-state index in [0.29, 0.717) is 32.2 Å². The van der Waals surface area contributed by atoms with E-state index in [1.54, 1.807) is 18.9 Å². The van der Waals surface area contributed by atoms with Crippen molar-refractivity contribution in [1.82, 2.24) is 9.80 Å². The number of ether oxygens (including phenoxy) is 1. The molecule has 0 spiro atoms. The molecule has 1 aliphatic heterocycles. The van der Waals surface area contributed by atoms with Crippen molar-refractivity contribution in [2.75, 3.05) is 33.4 Å². The van der Waals surface area contributed by atoms with E-state index in [0.717, 1.165) is 32.2 Å². The third-order valence-electron chi connectivity index (χ3n) is 4.24. The summed E-state index contributed by atoms with van der Waals surface area (Å²) < 4.78 is 5.01. The smallest absolute Gasteiger partial charge is 0.224 e. The van der Waals surface area contributed by atoms with Gasteiger partial charge in [-0.25, -0.2) is 0 Å². The Hall–Kier alpha value is -1.10. The van der Waals surface area contributed by atoms with Crippen LogP contribution in [-0.2, 0) is 14.3 Å². The minimum atomic E-state index is 0.0320. The van der Waals surface area contributed by atoms with Crippen molar-refractivity contribution in [1.29, 1.82) is 0 Å². The molecule has 21 heavy (non-hydrogen) atoms. The lowest BCUT2D eigenvalue weighted by atomic mass is 9.99. The molecule has 1 unspecified atom stereocenters. The van der Waals surface area contributed by atoms with Crippen LogP contribution in [0.2, 0.25) is 0 Å². The molecule has 0 aromatic rings. The van der Waals surface area contributed by atoms with E-state index >= 15 is 0 Å². The predicted octanol–water partition coefficient (Wildman–Crippen LogP) is 2.05. The average Bonchev–Trinajstić information content (AvgIpc) is 2.50. The van der Waals surface area contributed by atoms with Gasteiger partial charge in [0.1, 0.15) is 0 Å². The number of carbonyl (C=O) groups excluding carboxylic acids is 2. The van der Waals surface area contributed by atoms with E-state index in [2.05, 4.69) is 6.92 Å². The highest BCUT2D eigenvalue weighted by Gasteiger charge is 2.25. The van der Waals surface area contributed by atoms with Crippen LogP contribution in [0.15, 0.2) is 0 Å². The summed E-state index contributed by atoms with van der Waals surface area (Å²) in [5, 5.41) is 0. The van der Waals surface area contributed by atoms with Crippen LogP contribution in [0.4, 0.5) is 0 Å². The first-order valence-electron chi connectivity index (χ1n) is 8.14. The normalized spacial score (nSPS) is 18.6. The molecule has 0 bridgehead atoms.